The highest BCUT2D eigenvalue weighted by molar-refractivity contribution is 7.09. The lowest BCUT2D eigenvalue weighted by Gasteiger charge is -2.15. The van der Waals surface area contributed by atoms with Crippen LogP contribution in [0.5, 0.6) is 0 Å². The molecule has 0 aliphatic heterocycles. The van der Waals surface area contributed by atoms with Gasteiger partial charge in [0.05, 0.1) is 6.54 Å². The van der Waals surface area contributed by atoms with E-state index in [0.717, 1.165) is 16.5 Å². The summed E-state index contributed by atoms with van der Waals surface area (Å²) in [6.45, 7) is 4.48. The summed E-state index contributed by atoms with van der Waals surface area (Å²) in [6.07, 6.45) is 1.49. The molecule has 6 nitrogen and oxygen atoms in total. The first-order chi connectivity index (χ1) is 9.13. The molecule has 0 N–H and O–H groups in total. The minimum Gasteiger partial charge on any atom is -0.422 e. The molecular formula is C12H13N5OS. The van der Waals surface area contributed by atoms with Crippen LogP contribution in [0.2, 0.25) is 0 Å². The van der Waals surface area contributed by atoms with Crippen LogP contribution in [0, 0.1) is 13.8 Å². The van der Waals surface area contributed by atoms with Crippen molar-refractivity contribution in [1.29, 1.82) is 0 Å². The molecular weight excluding hydrogens is 262 g/mol. The Morgan fingerprint density at radius 2 is 2.11 bits per heavy atom. The Balaban J connectivity index is 1.94. The highest BCUT2D eigenvalue weighted by atomic mass is 32.1. The monoisotopic (exact) mass is 275 g/mol. The summed E-state index contributed by atoms with van der Waals surface area (Å²) < 4.78 is 5.41. The molecule has 3 rings (SSSR count). The highest BCUT2D eigenvalue weighted by Gasteiger charge is 2.14. The smallest absolute Gasteiger partial charge is 0.252 e. The summed E-state index contributed by atoms with van der Waals surface area (Å²) >= 11 is 1.64. The third-order valence-corrected chi connectivity index (χ3v) is 3.64. The average Bonchev–Trinajstić information content (AvgIpc) is 2.93. The lowest BCUT2D eigenvalue weighted by Crippen LogP contribution is -2.18. The van der Waals surface area contributed by atoms with Crippen molar-refractivity contribution >= 4 is 28.4 Å². The first-order valence-electron chi connectivity index (χ1n) is 5.84. The van der Waals surface area contributed by atoms with Crippen LogP contribution in [0.4, 0.5) is 5.82 Å². The third kappa shape index (κ3) is 2.28. The van der Waals surface area contributed by atoms with E-state index < -0.39 is 0 Å². The number of thiazole rings is 1. The molecule has 0 fully saturated rings. The van der Waals surface area contributed by atoms with E-state index in [0.29, 0.717) is 23.7 Å². The Bertz CT molecular complexity index is 720. The van der Waals surface area contributed by atoms with Gasteiger partial charge >= 0.3 is 0 Å². The topological polar surface area (TPSA) is 67.9 Å². The Morgan fingerprint density at radius 1 is 1.26 bits per heavy atom. The summed E-state index contributed by atoms with van der Waals surface area (Å²) in [7, 11) is 1.96. The molecule has 0 radical (unpaired) electrons. The van der Waals surface area contributed by atoms with Crippen molar-refractivity contribution in [3.63, 3.8) is 0 Å². The van der Waals surface area contributed by atoms with Gasteiger partial charge in [-0.05, 0) is 6.92 Å². The van der Waals surface area contributed by atoms with E-state index in [2.05, 4.69) is 19.9 Å². The second kappa shape index (κ2) is 4.58. The maximum atomic E-state index is 5.41. The minimum absolute atomic E-state index is 0.518. The third-order valence-electron chi connectivity index (χ3n) is 2.68. The Morgan fingerprint density at radius 3 is 2.84 bits per heavy atom. The first kappa shape index (κ1) is 12.0. The molecule has 7 heteroatoms. The fourth-order valence-electron chi connectivity index (χ4n) is 1.88. The van der Waals surface area contributed by atoms with Crippen molar-refractivity contribution < 1.29 is 4.42 Å². The molecule has 0 saturated heterocycles. The molecule has 0 unspecified atom stereocenters. The lowest BCUT2D eigenvalue weighted by molar-refractivity contribution is 0.551. The number of oxazole rings is 1. The van der Waals surface area contributed by atoms with Crippen LogP contribution in [0.25, 0.3) is 11.2 Å². The molecule has 3 aromatic heterocycles. The number of nitrogens with zero attached hydrogens (tertiary/aromatic N) is 5. The van der Waals surface area contributed by atoms with Crippen molar-refractivity contribution in [3.05, 3.63) is 28.3 Å². The molecule has 0 atom stereocenters. The fourth-order valence-corrected chi connectivity index (χ4v) is 2.70. The van der Waals surface area contributed by atoms with Gasteiger partial charge in [-0.25, -0.2) is 15.0 Å². The van der Waals surface area contributed by atoms with Crippen LogP contribution in [0.15, 0.2) is 16.1 Å². The number of aryl methyl sites for hydroxylation is 2. The molecule has 3 heterocycles. The van der Waals surface area contributed by atoms with Crippen molar-refractivity contribution in [2.45, 2.75) is 20.4 Å². The number of anilines is 1. The summed E-state index contributed by atoms with van der Waals surface area (Å²) in [6, 6.07) is 0. The summed E-state index contributed by atoms with van der Waals surface area (Å²) in [4.78, 5) is 19.2. The number of rotatable bonds is 3. The van der Waals surface area contributed by atoms with Gasteiger partial charge in [0.15, 0.2) is 17.2 Å². The molecule has 3 aromatic rings. The zero-order valence-electron chi connectivity index (χ0n) is 10.9. The van der Waals surface area contributed by atoms with E-state index in [1.54, 1.807) is 18.3 Å². The van der Waals surface area contributed by atoms with Crippen molar-refractivity contribution in [3.8, 4) is 0 Å². The summed E-state index contributed by atoms with van der Waals surface area (Å²) in [5, 5.41) is 3.09. The average molecular weight is 275 g/mol. The van der Waals surface area contributed by atoms with E-state index in [4.69, 9.17) is 4.42 Å². The quantitative estimate of drug-likeness (QED) is 0.730. The fraction of sp³-hybridized carbons (Fsp3) is 0.333. The van der Waals surface area contributed by atoms with Crippen molar-refractivity contribution in [2.24, 2.45) is 0 Å². The number of aromatic nitrogens is 4. The van der Waals surface area contributed by atoms with Gasteiger partial charge in [0.1, 0.15) is 11.3 Å². The van der Waals surface area contributed by atoms with E-state index in [9.17, 15) is 0 Å². The van der Waals surface area contributed by atoms with Gasteiger partial charge in [-0.15, -0.1) is 11.3 Å². The number of hydrogen-bond acceptors (Lipinski definition) is 7. The number of hydrogen-bond donors (Lipinski definition) is 0. The molecule has 19 heavy (non-hydrogen) atoms. The van der Waals surface area contributed by atoms with Crippen LogP contribution in [-0.4, -0.2) is 27.0 Å². The predicted molar refractivity (Wildman–Crippen MR) is 73.3 cm³/mol. The van der Waals surface area contributed by atoms with Gasteiger partial charge in [-0.1, -0.05) is 0 Å². The zero-order valence-corrected chi connectivity index (χ0v) is 11.7. The molecule has 0 amide bonds. The van der Waals surface area contributed by atoms with E-state index in [-0.39, 0.29) is 0 Å². The Labute approximate surface area is 114 Å². The van der Waals surface area contributed by atoms with Crippen LogP contribution in [0.1, 0.15) is 16.6 Å². The van der Waals surface area contributed by atoms with Crippen LogP contribution < -0.4 is 4.90 Å². The van der Waals surface area contributed by atoms with Crippen LogP contribution in [0.3, 0.4) is 0 Å². The molecule has 0 saturated carbocycles. The second-order valence-corrected chi connectivity index (χ2v) is 5.27. The molecule has 0 aliphatic rings. The highest BCUT2D eigenvalue weighted by Crippen LogP contribution is 2.23. The number of fused-ring (bicyclic) bond motifs is 1. The first-order valence-corrected chi connectivity index (χ1v) is 6.72. The molecule has 0 spiro atoms. The van der Waals surface area contributed by atoms with Gasteiger partial charge in [-0.3, -0.25) is 0 Å². The van der Waals surface area contributed by atoms with Crippen LogP contribution >= 0.6 is 11.3 Å². The second-order valence-electron chi connectivity index (χ2n) is 4.32. The SMILES string of the molecule is Cc1csc(CN(C)c2ncnc3oc(C)nc23)n1. The normalized spacial score (nSPS) is 11.1. The summed E-state index contributed by atoms with van der Waals surface area (Å²) in [5.74, 6) is 1.35. The predicted octanol–water partition coefficient (Wildman–Crippen LogP) is 2.33. The van der Waals surface area contributed by atoms with E-state index in [1.165, 1.54) is 6.33 Å². The zero-order chi connectivity index (χ0) is 13.4. The standard InChI is InChI=1S/C12H13N5OS/c1-7-5-19-9(15-7)4-17(3)11-10-12(14-6-13-11)18-8(2)16-10/h5-6H,4H2,1-3H3. The minimum atomic E-state index is 0.518. The molecule has 0 aliphatic carbocycles. The summed E-state index contributed by atoms with van der Waals surface area (Å²) in [5.41, 5.74) is 2.25. The Hall–Kier alpha value is -2.02. The van der Waals surface area contributed by atoms with E-state index >= 15 is 0 Å². The molecule has 0 aromatic carbocycles. The lowest BCUT2D eigenvalue weighted by atomic mass is 10.4. The maximum Gasteiger partial charge on any atom is 0.252 e. The van der Waals surface area contributed by atoms with E-state index in [1.807, 2.05) is 24.3 Å². The van der Waals surface area contributed by atoms with Gasteiger partial charge < -0.3 is 9.32 Å². The largest absolute Gasteiger partial charge is 0.422 e. The van der Waals surface area contributed by atoms with Gasteiger partial charge in [-0.2, -0.15) is 4.98 Å². The van der Waals surface area contributed by atoms with Gasteiger partial charge in [0, 0.05) is 25.0 Å². The van der Waals surface area contributed by atoms with Crippen molar-refractivity contribution in [2.75, 3.05) is 11.9 Å². The van der Waals surface area contributed by atoms with Crippen LogP contribution in [-0.2, 0) is 6.54 Å². The maximum absolute atomic E-state index is 5.41. The van der Waals surface area contributed by atoms with Crippen molar-refractivity contribution in [1.82, 2.24) is 19.9 Å². The molecule has 98 valence electrons. The molecule has 0 bridgehead atoms. The van der Waals surface area contributed by atoms with Gasteiger partial charge in [0.2, 0.25) is 0 Å². The Kier molecular flexibility index (Phi) is 2.90. The van der Waals surface area contributed by atoms with Gasteiger partial charge in [0.25, 0.3) is 5.71 Å².